The Morgan fingerprint density at radius 1 is 1.47 bits per heavy atom. The maximum atomic E-state index is 6.14. The van der Waals surface area contributed by atoms with Crippen LogP contribution in [0.3, 0.4) is 0 Å². The highest BCUT2D eigenvalue weighted by Crippen LogP contribution is 2.49. The molecular weight excluding hydrogens is 254 g/mol. The Morgan fingerprint density at radius 3 is 3.05 bits per heavy atom. The molecule has 0 aromatic carbocycles. The first-order valence-electron chi connectivity index (χ1n) is 7.67. The highest BCUT2D eigenvalue weighted by molar-refractivity contribution is 7.07. The molecule has 3 heteroatoms. The van der Waals surface area contributed by atoms with Crippen LogP contribution in [0.1, 0.15) is 38.2 Å². The van der Waals surface area contributed by atoms with E-state index in [1.54, 1.807) is 0 Å². The highest BCUT2D eigenvalue weighted by Gasteiger charge is 2.50. The minimum atomic E-state index is 0.345. The summed E-state index contributed by atoms with van der Waals surface area (Å²) in [7, 11) is 0. The van der Waals surface area contributed by atoms with Crippen LogP contribution in [0.25, 0.3) is 0 Å². The standard InChI is InChI=1S/C16H25NOS/c1-2-7-17-12-16(10-13-5-9-19-11-13)6-8-18-15(16)14-3-4-14/h5,9,11,14-15,17H,2-4,6-8,10,12H2,1H3. The average molecular weight is 279 g/mol. The van der Waals surface area contributed by atoms with Gasteiger partial charge in [-0.05, 0) is 67.0 Å². The minimum Gasteiger partial charge on any atom is -0.377 e. The molecule has 106 valence electrons. The van der Waals surface area contributed by atoms with Crippen LogP contribution in [0.5, 0.6) is 0 Å². The molecule has 0 spiro atoms. The third-order valence-corrected chi connectivity index (χ3v) is 5.32. The van der Waals surface area contributed by atoms with Crippen LogP contribution in [-0.4, -0.2) is 25.8 Å². The van der Waals surface area contributed by atoms with Gasteiger partial charge in [0.1, 0.15) is 0 Å². The van der Waals surface area contributed by atoms with Crippen molar-refractivity contribution in [1.82, 2.24) is 5.32 Å². The van der Waals surface area contributed by atoms with E-state index in [2.05, 4.69) is 29.1 Å². The van der Waals surface area contributed by atoms with E-state index in [-0.39, 0.29) is 0 Å². The lowest BCUT2D eigenvalue weighted by Gasteiger charge is -2.34. The zero-order valence-electron chi connectivity index (χ0n) is 11.9. The Hall–Kier alpha value is -0.380. The largest absolute Gasteiger partial charge is 0.377 e. The number of rotatable bonds is 7. The van der Waals surface area contributed by atoms with Gasteiger partial charge in [-0.25, -0.2) is 0 Å². The van der Waals surface area contributed by atoms with Crippen molar-refractivity contribution >= 4 is 11.3 Å². The molecule has 19 heavy (non-hydrogen) atoms. The molecule has 0 bridgehead atoms. The summed E-state index contributed by atoms with van der Waals surface area (Å²) >= 11 is 1.81. The second-order valence-electron chi connectivity index (χ2n) is 6.23. The van der Waals surface area contributed by atoms with Crippen molar-refractivity contribution in [2.45, 2.75) is 45.1 Å². The number of ether oxygens (including phenoxy) is 1. The van der Waals surface area contributed by atoms with Crippen LogP contribution in [0, 0.1) is 11.3 Å². The average Bonchev–Trinajstić information content (AvgIpc) is 2.97. The summed E-state index contributed by atoms with van der Waals surface area (Å²) in [5.74, 6) is 0.838. The topological polar surface area (TPSA) is 21.3 Å². The van der Waals surface area contributed by atoms with Gasteiger partial charge in [-0.1, -0.05) is 6.92 Å². The Kier molecular flexibility index (Phi) is 4.25. The van der Waals surface area contributed by atoms with Crippen molar-refractivity contribution in [3.63, 3.8) is 0 Å². The van der Waals surface area contributed by atoms with Gasteiger partial charge in [0.05, 0.1) is 6.10 Å². The van der Waals surface area contributed by atoms with Crippen molar-refractivity contribution in [3.05, 3.63) is 22.4 Å². The summed E-state index contributed by atoms with van der Waals surface area (Å²) in [5, 5.41) is 8.17. The lowest BCUT2D eigenvalue weighted by Crippen LogP contribution is -2.43. The molecule has 2 atom stereocenters. The van der Waals surface area contributed by atoms with E-state index in [4.69, 9.17) is 4.74 Å². The van der Waals surface area contributed by atoms with Gasteiger partial charge in [-0.15, -0.1) is 0 Å². The lowest BCUT2D eigenvalue weighted by atomic mass is 9.74. The second-order valence-corrected chi connectivity index (χ2v) is 7.01. The van der Waals surface area contributed by atoms with Gasteiger partial charge in [-0.3, -0.25) is 0 Å². The van der Waals surface area contributed by atoms with Crippen LogP contribution in [0.15, 0.2) is 16.8 Å². The van der Waals surface area contributed by atoms with Gasteiger partial charge in [0, 0.05) is 18.6 Å². The molecule has 2 fully saturated rings. The molecule has 2 aliphatic rings. The first-order chi connectivity index (χ1) is 9.34. The number of nitrogens with one attached hydrogen (secondary N) is 1. The third-order valence-electron chi connectivity index (χ3n) is 4.59. The first kappa shape index (κ1) is 13.6. The fraction of sp³-hybridized carbons (Fsp3) is 0.750. The molecule has 2 unspecified atom stereocenters. The van der Waals surface area contributed by atoms with Gasteiger partial charge in [0.2, 0.25) is 0 Å². The Morgan fingerprint density at radius 2 is 2.37 bits per heavy atom. The van der Waals surface area contributed by atoms with Gasteiger partial charge in [-0.2, -0.15) is 11.3 Å². The maximum Gasteiger partial charge on any atom is 0.0675 e. The predicted molar refractivity (Wildman–Crippen MR) is 80.7 cm³/mol. The van der Waals surface area contributed by atoms with Crippen LogP contribution in [0.4, 0.5) is 0 Å². The highest BCUT2D eigenvalue weighted by atomic mass is 32.1. The van der Waals surface area contributed by atoms with E-state index in [1.165, 1.54) is 37.7 Å². The zero-order valence-corrected chi connectivity index (χ0v) is 12.7. The van der Waals surface area contributed by atoms with E-state index in [9.17, 15) is 0 Å². The molecule has 0 radical (unpaired) electrons. The Balaban J connectivity index is 1.73. The molecule has 1 aromatic heterocycles. The molecule has 1 saturated carbocycles. The lowest BCUT2D eigenvalue weighted by molar-refractivity contribution is 0.0307. The fourth-order valence-electron chi connectivity index (χ4n) is 3.50. The molecule has 2 nitrogen and oxygen atoms in total. The van der Waals surface area contributed by atoms with E-state index in [0.717, 1.165) is 25.6 Å². The minimum absolute atomic E-state index is 0.345. The fourth-order valence-corrected chi connectivity index (χ4v) is 4.17. The third kappa shape index (κ3) is 3.04. The van der Waals surface area contributed by atoms with Gasteiger partial charge < -0.3 is 10.1 Å². The number of thiophene rings is 1. The summed E-state index contributed by atoms with van der Waals surface area (Å²) in [4.78, 5) is 0. The summed E-state index contributed by atoms with van der Waals surface area (Å²) in [6.07, 6.45) is 6.88. The summed E-state index contributed by atoms with van der Waals surface area (Å²) in [6.45, 7) is 5.45. The number of hydrogen-bond acceptors (Lipinski definition) is 3. The van der Waals surface area contributed by atoms with Crippen LogP contribution >= 0.6 is 11.3 Å². The summed E-state index contributed by atoms with van der Waals surface area (Å²) < 4.78 is 6.14. The zero-order chi connectivity index (χ0) is 13.1. The Bertz CT molecular complexity index is 387. The molecule has 1 aliphatic carbocycles. The van der Waals surface area contributed by atoms with Crippen LogP contribution in [-0.2, 0) is 11.2 Å². The smallest absolute Gasteiger partial charge is 0.0675 e. The van der Waals surface area contributed by atoms with Gasteiger partial charge in [0.15, 0.2) is 0 Å². The number of hydrogen-bond donors (Lipinski definition) is 1. The molecule has 1 N–H and O–H groups in total. The van der Waals surface area contributed by atoms with E-state index in [1.807, 2.05) is 11.3 Å². The van der Waals surface area contributed by atoms with Gasteiger partial charge in [0.25, 0.3) is 0 Å². The SMILES string of the molecule is CCCNCC1(Cc2ccsc2)CCOC1C1CC1. The molecule has 0 amide bonds. The van der Waals surface area contributed by atoms with Gasteiger partial charge >= 0.3 is 0 Å². The van der Waals surface area contributed by atoms with Crippen molar-refractivity contribution in [2.75, 3.05) is 19.7 Å². The molecule has 1 saturated heterocycles. The normalized spacial score (nSPS) is 30.9. The van der Waals surface area contributed by atoms with E-state index in [0.29, 0.717) is 11.5 Å². The summed E-state index contributed by atoms with van der Waals surface area (Å²) in [6, 6.07) is 2.29. The van der Waals surface area contributed by atoms with E-state index < -0.39 is 0 Å². The van der Waals surface area contributed by atoms with Crippen molar-refractivity contribution in [1.29, 1.82) is 0 Å². The monoisotopic (exact) mass is 279 g/mol. The molecule has 1 aromatic rings. The Labute approximate surface area is 120 Å². The quantitative estimate of drug-likeness (QED) is 0.772. The molecule has 2 heterocycles. The summed E-state index contributed by atoms with van der Waals surface area (Å²) in [5.41, 5.74) is 1.84. The second kappa shape index (κ2) is 5.94. The van der Waals surface area contributed by atoms with E-state index >= 15 is 0 Å². The predicted octanol–water partition coefficient (Wildman–Crippen LogP) is 3.48. The molecule has 3 rings (SSSR count). The van der Waals surface area contributed by atoms with Crippen LogP contribution in [0.2, 0.25) is 0 Å². The van der Waals surface area contributed by atoms with Crippen molar-refractivity contribution in [3.8, 4) is 0 Å². The molecule has 1 aliphatic heterocycles. The van der Waals surface area contributed by atoms with Crippen LogP contribution < -0.4 is 5.32 Å². The van der Waals surface area contributed by atoms with Crippen molar-refractivity contribution in [2.24, 2.45) is 11.3 Å². The first-order valence-corrected chi connectivity index (χ1v) is 8.62. The molecular formula is C16H25NOS. The van der Waals surface area contributed by atoms with Crippen molar-refractivity contribution < 1.29 is 4.74 Å². The maximum absolute atomic E-state index is 6.14.